The summed E-state index contributed by atoms with van der Waals surface area (Å²) < 4.78 is 0. The van der Waals surface area contributed by atoms with Crippen LogP contribution in [0.3, 0.4) is 0 Å². The Labute approximate surface area is 128 Å². The van der Waals surface area contributed by atoms with Gasteiger partial charge in [-0.1, -0.05) is 24.6 Å². The number of nitrogens with one attached hydrogen (secondary N) is 1. The maximum Gasteiger partial charge on any atom is 0.102 e. The van der Waals surface area contributed by atoms with Gasteiger partial charge >= 0.3 is 0 Å². The SMILES string of the molecule is CC(O)NCCc1ccc2c(c1)CCN(C1CCC1)CC2. The molecule has 1 heterocycles. The number of rotatable bonds is 5. The van der Waals surface area contributed by atoms with Crippen LogP contribution in [0.2, 0.25) is 0 Å². The van der Waals surface area contributed by atoms with E-state index in [1.807, 2.05) is 0 Å². The van der Waals surface area contributed by atoms with E-state index < -0.39 is 6.23 Å². The minimum Gasteiger partial charge on any atom is -0.379 e. The van der Waals surface area contributed by atoms with Crippen molar-refractivity contribution in [1.29, 1.82) is 0 Å². The molecule has 0 bridgehead atoms. The van der Waals surface area contributed by atoms with E-state index in [0.29, 0.717) is 0 Å². The van der Waals surface area contributed by atoms with Crippen molar-refractivity contribution in [2.45, 2.75) is 57.7 Å². The summed E-state index contributed by atoms with van der Waals surface area (Å²) in [5, 5.41) is 12.3. The zero-order valence-corrected chi connectivity index (χ0v) is 13.1. The van der Waals surface area contributed by atoms with Gasteiger partial charge in [0.2, 0.25) is 0 Å². The average molecular weight is 288 g/mol. The quantitative estimate of drug-likeness (QED) is 0.815. The Morgan fingerprint density at radius 3 is 2.67 bits per heavy atom. The predicted molar refractivity (Wildman–Crippen MR) is 86.4 cm³/mol. The van der Waals surface area contributed by atoms with Crippen LogP contribution in [0.4, 0.5) is 0 Å². The third-order valence-electron chi connectivity index (χ3n) is 5.05. The molecule has 3 rings (SSSR count). The van der Waals surface area contributed by atoms with Gasteiger partial charge in [0.05, 0.1) is 0 Å². The summed E-state index contributed by atoms with van der Waals surface area (Å²) in [5.74, 6) is 0. The van der Waals surface area contributed by atoms with Crippen LogP contribution < -0.4 is 5.32 Å². The highest BCUT2D eigenvalue weighted by Gasteiger charge is 2.26. The zero-order valence-electron chi connectivity index (χ0n) is 13.1. The van der Waals surface area contributed by atoms with Gasteiger partial charge in [-0.2, -0.15) is 0 Å². The first kappa shape index (κ1) is 15.0. The average Bonchev–Trinajstić information content (AvgIpc) is 2.59. The highest BCUT2D eigenvalue weighted by molar-refractivity contribution is 5.33. The third-order valence-corrected chi connectivity index (χ3v) is 5.05. The van der Waals surface area contributed by atoms with Crippen LogP contribution in [-0.2, 0) is 19.3 Å². The van der Waals surface area contributed by atoms with Crippen molar-refractivity contribution in [3.8, 4) is 0 Å². The van der Waals surface area contributed by atoms with Crippen molar-refractivity contribution in [2.24, 2.45) is 0 Å². The number of hydrogen-bond acceptors (Lipinski definition) is 3. The molecule has 2 N–H and O–H groups in total. The Balaban J connectivity index is 1.59. The Hall–Kier alpha value is -0.900. The molecule has 1 saturated carbocycles. The number of aliphatic hydroxyl groups is 1. The van der Waals surface area contributed by atoms with E-state index in [1.54, 1.807) is 18.1 Å². The van der Waals surface area contributed by atoms with Gasteiger partial charge in [-0.25, -0.2) is 0 Å². The fourth-order valence-corrected chi connectivity index (χ4v) is 3.49. The molecular weight excluding hydrogens is 260 g/mol. The summed E-state index contributed by atoms with van der Waals surface area (Å²) in [4.78, 5) is 2.71. The first-order valence-electron chi connectivity index (χ1n) is 8.48. The second-order valence-corrected chi connectivity index (χ2v) is 6.60. The maximum atomic E-state index is 9.25. The highest BCUT2D eigenvalue weighted by Crippen LogP contribution is 2.27. The largest absolute Gasteiger partial charge is 0.379 e. The van der Waals surface area contributed by atoms with Crippen molar-refractivity contribution in [1.82, 2.24) is 10.2 Å². The topological polar surface area (TPSA) is 35.5 Å². The maximum absolute atomic E-state index is 9.25. The monoisotopic (exact) mass is 288 g/mol. The van der Waals surface area contributed by atoms with Gasteiger partial charge in [0.1, 0.15) is 6.23 Å². The number of aliphatic hydroxyl groups excluding tert-OH is 1. The molecule has 0 saturated heterocycles. The van der Waals surface area contributed by atoms with E-state index in [4.69, 9.17) is 0 Å². The summed E-state index contributed by atoms with van der Waals surface area (Å²) in [6.07, 6.45) is 7.22. The minimum atomic E-state index is -0.415. The molecule has 1 fully saturated rings. The first-order valence-corrected chi connectivity index (χ1v) is 8.48. The fraction of sp³-hybridized carbons (Fsp3) is 0.667. The van der Waals surface area contributed by atoms with Crippen LogP contribution in [0, 0.1) is 0 Å². The van der Waals surface area contributed by atoms with Gasteiger partial charge < -0.3 is 5.11 Å². The van der Waals surface area contributed by atoms with Crippen molar-refractivity contribution in [3.63, 3.8) is 0 Å². The summed E-state index contributed by atoms with van der Waals surface area (Å²) in [6, 6.07) is 7.86. The van der Waals surface area contributed by atoms with Gasteiger partial charge in [-0.3, -0.25) is 10.2 Å². The van der Waals surface area contributed by atoms with Gasteiger partial charge in [0, 0.05) is 25.7 Å². The van der Waals surface area contributed by atoms with Gasteiger partial charge in [0.15, 0.2) is 0 Å². The van der Waals surface area contributed by atoms with E-state index in [1.165, 1.54) is 50.8 Å². The third kappa shape index (κ3) is 3.85. The molecule has 1 atom stereocenters. The summed E-state index contributed by atoms with van der Waals surface area (Å²) in [7, 11) is 0. The smallest absolute Gasteiger partial charge is 0.102 e. The van der Waals surface area contributed by atoms with Crippen LogP contribution in [0.1, 0.15) is 42.9 Å². The van der Waals surface area contributed by atoms with E-state index in [9.17, 15) is 5.11 Å². The Morgan fingerprint density at radius 2 is 2.00 bits per heavy atom. The van der Waals surface area contributed by atoms with E-state index in [2.05, 4.69) is 28.4 Å². The zero-order chi connectivity index (χ0) is 14.7. The van der Waals surface area contributed by atoms with Crippen LogP contribution in [0.15, 0.2) is 18.2 Å². The number of hydrogen-bond donors (Lipinski definition) is 2. The van der Waals surface area contributed by atoms with Gasteiger partial charge in [-0.15, -0.1) is 0 Å². The summed E-state index contributed by atoms with van der Waals surface area (Å²) in [5.41, 5.74) is 4.48. The highest BCUT2D eigenvalue weighted by atomic mass is 16.3. The normalized spacial score (nSPS) is 21.4. The second kappa shape index (κ2) is 6.91. The number of benzene rings is 1. The molecule has 3 nitrogen and oxygen atoms in total. The predicted octanol–water partition coefficient (Wildman–Crippen LogP) is 2.11. The molecule has 116 valence electrons. The molecule has 1 aliphatic carbocycles. The van der Waals surface area contributed by atoms with Crippen LogP contribution in [0.5, 0.6) is 0 Å². The molecular formula is C18H28N2O. The molecule has 0 amide bonds. The summed E-state index contributed by atoms with van der Waals surface area (Å²) in [6.45, 7) is 5.07. The fourth-order valence-electron chi connectivity index (χ4n) is 3.49. The lowest BCUT2D eigenvalue weighted by Crippen LogP contribution is -2.41. The van der Waals surface area contributed by atoms with E-state index in [0.717, 1.165) is 19.0 Å². The molecule has 1 aromatic carbocycles. The Kier molecular flexibility index (Phi) is 4.94. The van der Waals surface area contributed by atoms with Crippen LogP contribution >= 0.6 is 0 Å². The summed E-state index contributed by atoms with van der Waals surface area (Å²) >= 11 is 0. The molecule has 0 aromatic heterocycles. The first-order chi connectivity index (χ1) is 10.2. The lowest BCUT2D eigenvalue weighted by Gasteiger charge is -2.36. The lowest BCUT2D eigenvalue weighted by molar-refractivity contribution is 0.133. The van der Waals surface area contributed by atoms with Crippen molar-refractivity contribution < 1.29 is 5.11 Å². The minimum absolute atomic E-state index is 0.415. The Bertz CT molecular complexity index is 468. The van der Waals surface area contributed by atoms with E-state index in [-0.39, 0.29) is 0 Å². The second-order valence-electron chi connectivity index (χ2n) is 6.60. The van der Waals surface area contributed by atoms with Gasteiger partial charge in [-0.05, 0) is 55.7 Å². The molecule has 0 spiro atoms. The molecule has 0 radical (unpaired) electrons. The molecule has 21 heavy (non-hydrogen) atoms. The van der Waals surface area contributed by atoms with Crippen LogP contribution in [0.25, 0.3) is 0 Å². The molecule has 1 unspecified atom stereocenters. The Morgan fingerprint density at radius 1 is 1.24 bits per heavy atom. The van der Waals surface area contributed by atoms with Gasteiger partial charge in [0.25, 0.3) is 0 Å². The van der Waals surface area contributed by atoms with E-state index >= 15 is 0 Å². The molecule has 2 aliphatic rings. The van der Waals surface area contributed by atoms with Crippen molar-refractivity contribution in [2.75, 3.05) is 19.6 Å². The standard InChI is InChI=1S/C18H28N2O/c1-14(21)19-10-7-15-5-6-16-8-11-20(18-3-2-4-18)12-9-17(16)13-15/h5-6,13-14,18-19,21H,2-4,7-12H2,1H3. The molecule has 1 aliphatic heterocycles. The number of fused-ring (bicyclic) bond motifs is 1. The van der Waals surface area contributed by atoms with Crippen LogP contribution in [-0.4, -0.2) is 41.9 Å². The lowest BCUT2D eigenvalue weighted by atomic mass is 9.91. The van der Waals surface area contributed by atoms with Crippen molar-refractivity contribution >= 4 is 0 Å². The van der Waals surface area contributed by atoms with Crippen molar-refractivity contribution in [3.05, 3.63) is 34.9 Å². The number of nitrogens with zero attached hydrogens (tertiary/aromatic N) is 1. The molecule has 1 aromatic rings. The molecule has 3 heteroatoms.